The summed E-state index contributed by atoms with van der Waals surface area (Å²) in [5, 5.41) is 16.8. The van der Waals surface area contributed by atoms with Crippen LogP contribution < -0.4 is 5.32 Å². The van der Waals surface area contributed by atoms with E-state index in [9.17, 15) is 0 Å². The van der Waals surface area contributed by atoms with E-state index in [0.29, 0.717) is 0 Å². The largest absolute Gasteiger partial charge is 0.368 e. The average molecular weight is 694 g/mol. The third-order valence-electron chi connectivity index (χ3n) is 11.3. The van der Waals surface area contributed by atoms with Crippen LogP contribution in [-0.2, 0) is 0 Å². The molecule has 53 heavy (non-hydrogen) atoms. The highest BCUT2D eigenvalue weighted by atomic mass is 32.2. The molecule has 0 amide bonds. The van der Waals surface area contributed by atoms with Crippen LogP contribution in [0, 0.1) is 0 Å². The number of nitrogens with zero attached hydrogens (tertiary/aromatic N) is 2. The van der Waals surface area contributed by atoms with Gasteiger partial charge in [-0.25, -0.2) is 0 Å². The smallest absolute Gasteiger partial charge is 0.103 e. The number of thioether (sulfide) groups is 1. The van der Waals surface area contributed by atoms with Gasteiger partial charge in [-0.3, -0.25) is 0 Å². The molecule has 0 saturated heterocycles. The Hall–Kier alpha value is -6.49. The summed E-state index contributed by atoms with van der Waals surface area (Å²) in [5.74, 6) is 0. The van der Waals surface area contributed by atoms with Gasteiger partial charge in [0.2, 0.25) is 0 Å². The number of fused-ring (bicyclic) bond motifs is 13. The molecule has 12 rings (SSSR count). The van der Waals surface area contributed by atoms with Gasteiger partial charge in [0.25, 0.3) is 0 Å². The Bertz CT molecular complexity index is 3280. The Kier molecular flexibility index (Phi) is 6.05. The fraction of sp³-hybridized carbons (Fsp3) is 0.0204. The SMILES string of the molecule is c1ccc(C2Nc3c(ccc4ccc5cc(-n6c7ccccc7c7cc8c9c%10ccccc%10ccc9n(-c9ccccc9)c8cc76)ccc5c34)S2)cc1. The van der Waals surface area contributed by atoms with Crippen LogP contribution in [0.4, 0.5) is 5.69 Å². The van der Waals surface area contributed by atoms with E-state index in [0.717, 1.165) is 11.4 Å². The van der Waals surface area contributed by atoms with Crippen LogP contribution in [0.15, 0.2) is 181 Å². The topological polar surface area (TPSA) is 21.9 Å². The maximum absolute atomic E-state index is 3.89. The molecular formula is C49H31N3S. The number of nitrogens with one attached hydrogen (secondary N) is 1. The summed E-state index contributed by atoms with van der Waals surface area (Å²) in [6.07, 6.45) is 0. The molecule has 1 unspecified atom stereocenters. The Balaban J connectivity index is 1.12. The molecule has 11 aromatic rings. The summed E-state index contributed by atoms with van der Waals surface area (Å²) in [6.45, 7) is 0. The van der Waals surface area contributed by atoms with Gasteiger partial charge in [-0.05, 0) is 87.1 Å². The first-order valence-corrected chi connectivity index (χ1v) is 19.1. The molecule has 0 spiro atoms. The fourth-order valence-electron chi connectivity index (χ4n) is 8.95. The van der Waals surface area contributed by atoms with Crippen molar-refractivity contribution in [3.63, 3.8) is 0 Å². The second kappa shape index (κ2) is 11.0. The predicted octanol–water partition coefficient (Wildman–Crippen LogP) is 13.6. The summed E-state index contributed by atoms with van der Waals surface area (Å²) >= 11 is 1.90. The minimum Gasteiger partial charge on any atom is -0.368 e. The highest BCUT2D eigenvalue weighted by Crippen LogP contribution is 2.51. The fourth-order valence-corrected chi connectivity index (χ4v) is 10.1. The van der Waals surface area contributed by atoms with Crippen LogP contribution in [0.3, 0.4) is 0 Å². The van der Waals surface area contributed by atoms with Crippen LogP contribution in [0.25, 0.3) is 87.3 Å². The Labute approximate surface area is 309 Å². The lowest BCUT2D eigenvalue weighted by Crippen LogP contribution is -2.01. The number of anilines is 1. The van der Waals surface area contributed by atoms with Crippen molar-refractivity contribution in [2.24, 2.45) is 0 Å². The van der Waals surface area contributed by atoms with Crippen molar-refractivity contribution < 1.29 is 0 Å². The maximum atomic E-state index is 3.89. The molecule has 0 aliphatic carbocycles. The number of rotatable bonds is 3. The van der Waals surface area contributed by atoms with Crippen molar-refractivity contribution in [2.75, 3.05) is 5.32 Å². The minimum atomic E-state index is 0.199. The summed E-state index contributed by atoms with van der Waals surface area (Å²) in [6, 6.07) is 64.8. The Morgan fingerprint density at radius 3 is 1.96 bits per heavy atom. The van der Waals surface area contributed by atoms with E-state index in [1.807, 2.05) is 11.8 Å². The minimum absolute atomic E-state index is 0.199. The zero-order valence-corrected chi connectivity index (χ0v) is 29.4. The molecule has 3 nitrogen and oxygen atoms in total. The Morgan fingerprint density at radius 2 is 1.08 bits per heavy atom. The molecule has 1 aliphatic rings. The third-order valence-corrected chi connectivity index (χ3v) is 12.5. The van der Waals surface area contributed by atoms with Crippen LogP contribution in [0.2, 0.25) is 0 Å². The van der Waals surface area contributed by atoms with Crippen molar-refractivity contribution in [1.29, 1.82) is 0 Å². The van der Waals surface area contributed by atoms with Gasteiger partial charge in [0.1, 0.15) is 5.37 Å². The number of aromatic nitrogens is 2. The molecule has 0 saturated carbocycles. The third kappa shape index (κ3) is 4.18. The molecule has 0 bridgehead atoms. The van der Waals surface area contributed by atoms with Gasteiger partial charge in [0.05, 0.1) is 27.8 Å². The van der Waals surface area contributed by atoms with Crippen LogP contribution in [-0.4, -0.2) is 9.13 Å². The molecule has 248 valence electrons. The lowest BCUT2D eigenvalue weighted by Gasteiger charge is -2.14. The zero-order chi connectivity index (χ0) is 34.6. The van der Waals surface area contributed by atoms with Crippen molar-refractivity contribution in [3.8, 4) is 11.4 Å². The molecule has 0 fully saturated rings. The van der Waals surface area contributed by atoms with E-state index in [4.69, 9.17) is 0 Å². The number of benzene rings is 9. The van der Waals surface area contributed by atoms with E-state index in [2.05, 4.69) is 190 Å². The zero-order valence-electron chi connectivity index (χ0n) is 28.6. The lowest BCUT2D eigenvalue weighted by atomic mass is 9.99. The second-order valence-corrected chi connectivity index (χ2v) is 15.3. The highest BCUT2D eigenvalue weighted by molar-refractivity contribution is 8.00. The van der Waals surface area contributed by atoms with Gasteiger partial charge in [-0.15, -0.1) is 0 Å². The quantitative estimate of drug-likeness (QED) is 0.186. The number of hydrogen-bond donors (Lipinski definition) is 1. The van der Waals surface area contributed by atoms with Crippen molar-refractivity contribution in [1.82, 2.24) is 9.13 Å². The standard InChI is InChI=1S/C49H31N3S/c1-3-12-32(13-4-1)49-50-48-45(53-49)26-22-31-19-20-33-27-35(23-24-37(33)46(31)48)52-41-18-10-9-17-38(41)39-28-40-44(29-43(39)52)51(34-14-5-2-6-15-34)42-25-21-30-11-7-8-16-36(30)47(40)42/h1-29,49-50H. The molecule has 1 N–H and O–H groups in total. The van der Waals surface area contributed by atoms with Gasteiger partial charge < -0.3 is 14.5 Å². The van der Waals surface area contributed by atoms with E-state index >= 15 is 0 Å². The van der Waals surface area contributed by atoms with Crippen molar-refractivity contribution in [3.05, 3.63) is 181 Å². The summed E-state index contributed by atoms with van der Waals surface area (Å²) < 4.78 is 4.91. The summed E-state index contributed by atoms with van der Waals surface area (Å²) in [4.78, 5) is 1.30. The summed E-state index contributed by atoms with van der Waals surface area (Å²) in [7, 11) is 0. The highest BCUT2D eigenvalue weighted by Gasteiger charge is 2.26. The lowest BCUT2D eigenvalue weighted by molar-refractivity contribution is 1.14. The van der Waals surface area contributed by atoms with E-state index in [1.54, 1.807) is 0 Å². The van der Waals surface area contributed by atoms with Crippen LogP contribution in [0.5, 0.6) is 0 Å². The van der Waals surface area contributed by atoms with Gasteiger partial charge in [-0.2, -0.15) is 0 Å². The number of hydrogen-bond acceptors (Lipinski definition) is 2. The molecular weight excluding hydrogens is 663 g/mol. The molecule has 0 radical (unpaired) electrons. The summed E-state index contributed by atoms with van der Waals surface area (Å²) in [5.41, 5.74) is 9.69. The van der Waals surface area contributed by atoms with Gasteiger partial charge >= 0.3 is 0 Å². The monoisotopic (exact) mass is 693 g/mol. The second-order valence-electron chi connectivity index (χ2n) is 14.2. The molecule has 9 aromatic carbocycles. The van der Waals surface area contributed by atoms with Gasteiger partial charge in [0.15, 0.2) is 0 Å². The van der Waals surface area contributed by atoms with E-state index in [-0.39, 0.29) is 5.37 Å². The normalized spacial score (nSPS) is 14.3. The van der Waals surface area contributed by atoms with Crippen molar-refractivity contribution >= 4 is 93.4 Å². The molecule has 1 atom stereocenters. The molecule has 2 aromatic heterocycles. The molecule has 4 heteroatoms. The Morgan fingerprint density at radius 1 is 0.396 bits per heavy atom. The van der Waals surface area contributed by atoms with E-state index in [1.165, 1.54) is 92.1 Å². The van der Waals surface area contributed by atoms with Gasteiger partial charge in [0, 0.05) is 43.2 Å². The number of para-hydroxylation sites is 2. The first-order valence-electron chi connectivity index (χ1n) is 18.2. The van der Waals surface area contributed by atoms with Crippen molar-refractivity contribution in [2.45, 2.75) is 10.3 Å². The average Bonchev–Trinajstić information content (AvgIpc) is 3.90. The maximum Gasteiger partial charge on any atom is 0.103 e. The first-order chi connectivity index (χ1) is 26.3. The van der Waals surface area contributed by atoms with Gasteiger partial charge in [-0.1, -0.05) is 133 Å². The molecule has 3 heterocycles. The van der Waals surface area contributed by atoms with E-state index < -0.39 is 0 Å². The molecule has 1 aliphatic heterocycles. The van der Waals surface area contributed by atoms with Crippen LogP contribution >= 0.6 is 11.8 Å². The predicted molar refractivity (Wildman–Crippen MR) is 226 cm³/mol. The van der Waals surface area contributed by atoms with Crippen LogP contribution in [0.1, 0.15) is 10.9 Å². The first kappa shape index (κ1) is 29.1.